The van der Waals surface area contributed by atoms with Gasteiger partial charge in [-0.3, -0.25) is 4.79 Å². The minimum Gasteiger partial charge on any atom is -0.459 e. The Morgan fingerprint density at radius 2 is 1.86 bits per heavy atom. The highest BCUT2D eigenvalue weighted by Crippen LogP contribution is 2.42. The molecule has 1 unspecified atom stereocenters. The van der Waals surface area contributed by atoms with Crippen molar-refractivity contribution in [2.45, 2.75) is 4.90 Å². The van der Waals surface area contributed by atoms with Gasteiger partial charge in [-0.05, 0) is 12.1 Å². The zero-order chi connectivity index (χ0) is 19.3. The Bertz CT molecular complexity index is 1100. The molecule has 1 atom stereocenters. The van der Waals surface area contributed by atoms with E-state index in [9.17, 15) is 9.00 Å². The highest BCUT2D eigenvalue weighted by molar-refractivity contribution is 7.93. The van der Waals surface area contributed by atoms with Crippen molar-refractivity contribution in [3.8, 4) is 11.5 Å². The number of carbonyl (C=O) groups is 1. The molecule has 1 saturated heterocycles. The molecule has 3 aliphatic rings. The summed E-state index contributed by atoms with van der Waals surface area (Å²) in [5.74, 6) is 1.77. The van der Waals surface area contributed by atoms with Crippen LogP contribution in [0.2, 0.25) is 0 Å². The number of piperazine rings is 1. The first-order chi connectivity index (χ1) is 13.5. The van der Waals surface area contributed by atoms with Crippen molar-refractivity contribution in [1.82, 2.24) is 9.80 Å². The Balaban J connectivity index is 0.00000205. The van der Waals surface area contributed by atoms with E-state index in [-0.39, 0.29) is 25.1 Å². The quantitative estimate of drug-likeness (QED) is 0.678. The fourth-order valence-corrected chi connectivity index (χ4v) is 4.82. The highest BCUT2D eigenvalue weighted by atomic mass is 35.5. The lowest BCUT2D eigenvalue weighted by atomic mass is 10.2. The number of hydrogen-bond donors (Lipinski definition) is 0. The van der Waals surface area contributed by atoms with Gasteiger partial charge in [0.25, 0.3) is 5.91 Å². The number of halogens is 1. The van der Waals surface area contributed by atoms with Crippen molar-refractivity contribution in [1.29, 1.82) is 0 Å². The van der Waals surface area contributed by atoms with Crippen LogP contribution in [0.4, 0.5) is 5.69 Å². The molecule has 0 radical (unpaired) electrons. The van der Waals surface area contributed by atoms with E-state index in [1.165, 1.54) is 6.26 Å². The molecule has 1 fully saturated rings. The second-order valence-corrected chi connectivity index (χ2v) is 8.96. The summed E-state index contributed by atoms with van der Waals surface area (Å²) in [5, 5.41) is 0. The molecule has 3 aliphatic heterocycles. The SMILES string of the molecule is CS1(=O)=NC(N2CCN(C(=O)c3ccco3)CC2)=Nc2cc3c(cc21)OCO3.Cl. The summed E-state index contributed by atoms with van der Waals surface area (Å²) in [6.45, 7) is 2.25. The third-order valence-electron chi connectivity index (χ3n) is 4.92. The molecule has 2 aromatic rings. The van der Waals surface area contributed by atoms with Gasteiger partial charge >= 0.3 is 0 Å². The van der Waals surface area contributed by atoms with Crippen molar-refractivity contribution in [3.63, 3.8) is 0 Å². The van der Waals surface area contributed by atoms with Gasteiger partial charge in [0.15, 0.2) is 17.3 Å². The Morgan fingerprint density at radius 3 is 2.55 bits per heavy atom. The smallest absolute Gasteiger partial charge is 0.289 e. The van der Waals surface area contributed by atoms with Crippen LogP contribution in [0.15, 0.2) is 49.2 Å². The maximum Gasteiger partial charge on any atom is 0.289 e. The number of benzene rings is 1. The van der Waals surface area contributed by atoms with Crippen LogP contribution in [0.1, 0.15) is 10.6 Å². The van der Waals surface area contributed by atoms with Gasteiger partial charge in [-0.25, -0.2) is 9.20 Å². The molecule has 0 N–H and O–H groups in total. The van der Waals surface area contributed by atoms with Crippen LogP contribution in [0.3, 0.4) is 0 Å². The summed E-state index contributed by atoms with van der Waals surface area (Å²) < 4.78 is 33.5. The van der Waals surface area contributed by atoms with Crippen LogP contribution >= 0.6 is 12.4 Å². The highest BCUT2D eigenvalue weighted by Gasteiger charge is 2.29. The summed E-state index contributed by atoms with van der Waals surface area (Å²) in [6.07, 6.45) is 3.08. The minimum absolute atomic E-state index is 0. The molecule has 5 rings (SSSR count). The molecule has 154 valence electrons. The Morgan fingerprint density at radius 1 is 1.14 bits per heavy atom. The standard InChI is InChI=1S/C18H18N4O5S.ClH/c1-28(24)16-10-15-14(26-11-27-15)9-12(16)19-18(20-28)22-6-4-21(5-7-22)17(23)13-3-2-8-25-13;/h2-3,8-10H,4-7,11H2,1H3;1H. The lowest BCUT2D eigenvalue weighted by Crippen LogP contribution is -2.50. The van der Waals surface area contributed by atoms with E-state index in [1.54, 1.807) is 35.4 Å². The van der Waals surface area contributed by atoms with Gasteiger partial charge in [0, 0.05) is 44.6 Å². The molecule has 4 heterocycles. The number of hydrogen-bond acceptors (Lipinski definition) is 8. The van der Waals surface area contributed by atoms with E-state index in [0.717, 1.165) is 0 Å². The molecule has 29 heavy (non-hydrogen) atoms. The Kier molecular flexibility index (Phi) is 4.91. The van der Waals surface area contributed by atoms with Crippen LogP contribution in [0.25, 0.3) is 0 Å². The van der Waals surface area contributed by atoms with Crippen LogP contribution in [-0.4, -0.2) is 65.1 Å². The van der Waals surface area contributed by atoms with Crippen molar-refractivity contribution >= 4 is 39.7 Å². The minimum atomic E-state index is -2.66. The molecular weight excluding hydrogens is 420 g/mol. The van der Waals surface area contributed by atoms with E-state index < -0.39 is 9.73 Å². The maximum absolute atomic E-state index is 13.2. The first kappa shape index (κ1) is 19.6. The zero-order valence-corrected chi connectivity index (χ0v) is 17.2. The van der Waals surface area contributed by atoms with Gasteiger partial charge in [0.1, 0.15) is 0 Å². The average molecular weight is 439 g/mol. The van der Waals surface area contributed by atoms with E-state index in [1.807, 2.05) is 4.90 Å². The number of furan rings is 1. The van der Waals surface area contributed by atoms with E-state index in [4.69, 9.17) is 13.9 Å². The lowest BCUT2D eigenvalue weighted by molar-refractivity contribution is 0.0659. The van der Waals surface area contributed by atoms with Gasteiger partial charge in [-0.2, -0.15) is 4.36 Å². The largest absolute Gasteiger partial charge is 0.459 e. The summed E-state index contributed by atoms with van der Waals surface area (Å²) in [5.41, 5.74) is 0.579. The lowest BCUT2D eigenvalue weighted by Gasteiger charge is -2.35. The van der Waals surface area contributed by atoms with E-state index in [2.05, 4.69) is 9.36 Å². The normalized spacial score (nSPS) is 22.3. The number of nitrogens with zero attached hydrogens (tertiary/aromatic N) is 4. The fraction of sp³-hybridized carbons (Fsp3) is 0.333. The number of guanidine groups is 1. The Hall–Kier alpha value is -2.72. The molecule has 1 aromatic heterocycles. The van der Waals surface area contributed by atoms with Gasteiger partial charge in [0.05, 0.1) is 26.6 Å². The third-order valence-corrected chi connectivity index (χ3v) is 6.57. The molecule has 1 aromatic carbocycles. The molecule has 0 saturated carbocycles. The molecule has 0 bridgehead atoms. The van der Waals surface area contributed by atoms with E-state index >= 15 is 0 Å². The van der Waals surface area contributed by atoms with Crippen LogP contribution in [0.5, 0.6) is 11.5 Å². The van der Waals surface area contributed by atoms with Crippen molar-refractivity contribution in [2.75, 3.05) is 39.2 Å². The molecular formula is C18H19ClN4O5S. The fourth-order valence-electron chi connectivity index (χ4n) is 3.43. The number of ether oxygens (including phenoxy) is 2. The zero-order valence-electron chi connectivity index (χ0n) is 15.6. The summed E-state index contributed by atoms with van der Waals surface area (Å²) in [6, 6.07) is 6.79. The number of fused-ring (bicyclic) bond motifs is 2. The predicted molar refractivity (Wildman–Crippen MR) is 108 cm³/mol. The summed E-state index contributed by atoms with van der Waals surface area (Å²) in [4.78, 5) is 21.2. The van der Waals surface area contributed by atoms with E-state index in [0.29, 0.717) is 60.0 Å². The Labute approximate surface area is 173 Å². The molecule has 11 heteroatoms. The summed E-state index contributed by atoms with van der Waals surface area (Å²) in [7, 11) is -2.66. The number of aliphatic imine (C=N–C) groups is 1. The molecule has 0 spiro atoms. The van der Waals surface area contributed by atoms with Crippen molar-refractivity contribution in [3.05, 3.63) is 36.3 Å². The number of carbonyl (C=O) groups excluding carboxylic acids is 1. The first-order valence-electron chi connectivity index (χ1n) is 8.83. The van der Waals surface area contributed by atoms with Gasteiger partial charge in [-0.15, -0.1) is 12.4 Å². The molecule has 1 amide bonds. The first-order valence-corrected chi connectivity index (χ1v) is 10.8. The molecule has 0 aliphatic carbocycles. The maximum atomic E-state index is 13.2. The van der Waals surface area contributed by atoms with Crippen LogP contribution in [-0.2, 0) is 9.73 Å². The predicted octanol–water partition coefficient (Wildman–Crippen LogP) is 2.35. The number of amides is 1. The van der Waals surface area contributed by atoms with Gasteiger partial charge in [0.2, 0.25) is 12.8 Å². The second kappa shape index (κ2) is 7.27. The van der Waals surface area contributed by atoms with Crippen molar-refractivity contribution in [2.24, 2.45) is 9.36 Å². The molecule has 9 nitrogen and oxygen atoms in total. The average Bonchev–Trinajstić information content (AvgIpc) is 3.37. The van der Waals surface area contributed by atoms with Crippen LogP contribution in [0, 0.1) is 0 Å². The van der Waals surface area contributed by atoms with Crippen molar-refractivity contribution < 1.29 is 22.9 Å². The van der Waals surface area contributed by atoms with Gasteiger partial charge in [-0.1, -0.05) is 0 Å². The third kappa shape index (κ3) is 3.42. The van der Waals surface area contributed by atoms with Crippen LogP contribution < -0.4 is 9.47 Å². The summed E-state index contributed by atoms with van der Waals surface area (Å²) >= 11 is 0. The monoisotopic (exact) mass is 438 g/mol. The number of rotatable bonds is 1. The van der Waals surface area contributed by atoms with Gasteiger partial charge < -0.3 is 23.7 Å². The second-order valence-electron chi connectivity index (χ2n) is 6.74. The topological polar surface area (TPSA) is 96.9 Å².